The predicted octanol–water partition coefficient (Wildman–Crippen LogP) is -1.09. The average molecular weight is 220 g/mol. The van der Waals surface area contributed by atoms with Gasteiger partial charge in [0.25, 0.3) is 0 Å². The molecule has 13 heavy (non-hydrogen) atoms. The molecule has 0 saturated carbocycles. The number of nitrogens with one attached hydrogen (secondary N) is 1. The van der Waals surface area contributed by atoms with Crippen LogP contribution >= 0.6 is 12.2 Å². The summed E-state index contributed by atoms with van der Waals surface area (Å²) >= 11 is 4.96. The molecule has 2 atom stereocenters. The summed E-state index contributed by atoms with van der Waals surface area (Å²) < 4.78 is 22.8. The fraction of sp³-hybridized carbons (Fsp3) is 0.857. The molecule has 2 aliphatic heterocycles. The summed E-state index contributed by atoms with van der Waals surface area (Å²) in [5, 5.41) is 3.15. The first-order chi connectivity index (χ1) is 5.96. The summed E-state index contributed by atoms with van der Waals surface area (Å²) in [6.07, 6.45) is 0. The highest BCUT2D eigenvalue weighted by molar-refractivity contribution is 7.91. The van der Waals surface area contributed by atoms with E-state index in [9.17, 15) is 8.42 Å². The van der Waals surface area contributed by atoms with Crippen molar-refractivity contribution in [3.05, 3.63) is 0 Å². The minimum absolute atomic E-state index is 0.0926. The Kier molecular flexibility index (Phi) is 1.91. The lowest BCUT2D eigenvalue weighted by Crippen LogP contribution is -2.42. The van der Waals surface area contributed by atoms with Gasteiger partial charge in [-0.25, -0.2) is 8.42 Å². The van der Waals surface area contributed by atoms with Crippen molar-refractivity contribution in [1.29, 1.82) is 0 Å². The maximum Gasteiger partial charge on any atom is 0.151 e. The van der Waals surface area contributed by atoms with Gasteiger partial charge in [-0.1, -0.05) is 12.2 Å². The SMILES string of the molecule is NC(=S)[C@]12CNC[C@@H]1CS(=O)(=O)C2. The molecular weight excluding hydrogens is 208 g/mol. The molecular formula is C7H12N2O2S2. The number of rotatable bonds is 1. The fourth-order valence-corrected chi connectivity index (χ4v) is 5.16. The molecule has 0 radical (unpaired) electrons. The third-order valence-corrected chi connectivity index (χ3v) is 5.31. The maximum atomic E-state index is 11.4. The van der Waals surface area contributed by atoms with E-state index in [2.05, 4.69) is 5.32 Å². The summed E-state index contributed by atoms with van der Waals surface area (Å²) in [7, 11) is -2.92. The van der Waals surface area contributed by atoms with Crippen LogP contribution in [0.1, 0.15) is 0 Å². The van der Waals surface area contributed by atoms with Crippen molar-refractivity contribution in [2.75, 3.05) is 24.6 Å². The monoisotopic (exact) mass is 220 g/mol. The van der Waals surface area contributed by atoms with E-state index in [-0.39, 0.29) is 17.4 Å². The summed E-state index contributed by atoms with van der Waals surface area (Å²) in [6, 6.07) is 0. The number of nitrogens with two attached hydrogens (primary N) is 1. The Morgan fingerprint density at radius 3 is 2.85 bits per heavy atom. The third kappa shape index (κ3) is 1.28. The van der Waals surface area contributed by atoms with E-state index >= 15 is 0 Å². The van der Waals surface area contributed by atoms with Crippen LogP contribution in [-0.4, -0.2) is 38.0 Å². The standard InChI is InChI=1S/C7H12N2O2S2/c8-6(12)7-3-9-1-5(7)2-13(10,11)4-7/h5,9H,1-4H2,(H2,8,12)/t5-,7+/m1/s1. The van der Waals surface area contributed by atoms with Gasteiger partial charge in [0.2, 0.25) is 0 Å². The Morgan fingerprint density at radius 2 is 2.31 bits per heavy atom. The van der Waals surface area contributed by atoms with Crippen molar-refractivity contribution in [2.24, 2.45) is 17.1 Å². The van der Waals surface area contributed by atoms with Gasteiger partial charge in [-0.05, 0) is 12.5 Å². The maximum absolute atomic E-state index is 11.4. The summed E-state index contributed by atoms with van der Waals surface area (Å²) in [4.78, 5) is 0.351. The van der Waals surface area contributed by atoms with Gasteiger partial charge in [0.15, 0.2) is 9.84 Å². The lowest BCUT2D eigenvalue weighted by molar-refractivity contribution is 0.435. The third-order valence-electron chi connectivity index (χ3n) is 3.04. The van der Waals surface area contributed by atoms with E-state index in [0.29, 0.717) is 11.5 Å². The quantitative estimate of drug-likeness (QED) is 0.549. The van der Waals surface area contributed by atoms with Crippen LogP contribution in [0.2, 0.25) is 0 Å². The number of hydrogen-bond acceptors (Lipinski definition) is 4. The lowest BCUT2D eigenvalue weighted by atomic mass is 9.81. The molecule has 0 aliphatic carbocycles. The van der Waals surface area contributed by atoms with E-state index in [1.807, 2.05) is 0 Å². The minimum Gasteiger partial charge on any atom is -0.393 e. The van der Waals surface area contributed by atoms with Crippen LogP contribution in [0.3, 0.4) is 0 Å². The molecule has 6 heteroatoms. The highest BCUT2D eigenvalue weighted by Crippen LogP contribution is 2.40. The Morgan fingerprint density at radius 1 is 1.62 bits per heavy atom. The zero-order valence-electron chi connectivity index (χ0n) is 7.12. The van der Waals surface area contributed by atoms with Crippen molar-refractivity contribution in [2.45, 2.75) is 0 Å². The van der Waals surface area contributed by atoms with Crippen LogP contribution < -0.4 is 11.1 Å². The van der Waals surface area contributed by atoms with Crippen molar-refractivity contribution in [3.63, 3.8) is 0 Å². The Hall–Kier alpha value is -0.200. The van der Waals surface area contributed by atoms with E-state index in [1.54, 1.807) is 0 Å². The number of thiocarbonyl (C=S) groups is 1. The Labute approximate surface area is 82.8 Å². The molecule has 0 amide bonds. The zero-order chi connectivity index (χ0) is 9.69. The topological polar surface area (TPSA) is 72.2 Å². The average Bonchev–Trinajstić information content (AvgIpc) is 2.40. The van der Waals surface area contributed by atoms with Crippen molar-refractivity contribution < 1.29 is 8.42 Å². The molecule has 4 nitrogen and oxygen atoms in total. The highest BCUT2D eigenvalue weighted by Gasteiger charge is 2.54. The largest absolute Gasteiger partial charge is 0.393 e. The number of fused-ring (bicyclic) bond motifs is 1. The molecule has 0 aromatic heterocycles. The van der Waals surface area contributed by atoms with Gasteiger partial charge in [-0.15, -0.1) is 0 Å². The first-order valence-electron chi connectivity index (χ1n) is 4.17. The van der Waals surface area contributed by atoms with Gasteiger partial charge in [-0.3, -0.25) is 0 Å². The van der Waals surface area contributed by atoms with E-state index in [1.165, 1.54) is 0 Å². The predicted molar refractivity (Wildman–Crippen MR) is 54.2 cm³/mol. The number of hydrogen-bond donors (Lipinski definition) is 2. The molecule has 2 heterocycles. The summed E-state index contributed by atoms with van der Waals surface area (Å²) in [6.45, 7) is 1.34. The van der Waals surface area contributed by atoms with Crippen molar-refractivity contribution in [1.82, 2.24) is 5.32 Å². The van der Waals surface area contributed by atoms with E-state index in [4.69, 9.17) is 18.0 Å². The first kappa shape index (κ1) is 9.36. The van der Waals surface area contributed by atoms with Crippen LogP contribution in [0.15, 0.2) is 0 Å². The van der Waals surface area contributed by atoms with Crippen LogP contribution in [0, 0.1) is 11.3 Å². The molecule has 3 N–H and O–H groups in total. The molecule has 2 fully saturated rings. The van der Waals surface area contributed by atoms with Gasteiger partial charge >= 0.3 is 0 Å². The smallest absolute Gasteiger partial charge is 0.151 e. The lowest BCUT2D eigenvalue weighted by Gasteiger charge is -2.24. The molecule has 2 aliphatic rings. The molecule has 0 aromatic rings. The molecule has 0 aromatic carbocycles. The minimum atomic E-state index is -2.92. The van der Waals surface area contributed by atoms with E-state index < -0.39 is 15.3 Å². The second kappa shape index (κ2) is 2.65. The highest BCUT2D eigenvalue weighted by atomic mass is 32.2. The first-order valence-corrected chi connectivity index (χ1v) is 6.40. The van der Waals surface area contributed by atoms with Crippen molar-refractivity contribution in [3.8, 4) is 0 Å². The van der Waals surface area contributed by atoms with Gasteiger partial charge in [0.1, 0.15) is 0 Å². The number of sulfone groups is 1. The Bertz CT molecular complexity index is 352. The fourth-order valence-electron chi connectivity index (χ4n) is 2.31. The molecule has 2 rings (SSSR count). The van der Waals surface area contributed by atoms with E-state index in [0.717, 1.165) is 6.54 Å². The normalized spacial score (nSPS) is 41.7. The van der Waals surface area contributed by atoms with Crippen LogP contribution in [0.5, 0.6) is 0 Å². The Balaban J connectivity index is 2.41. The zero-order valence-corrected chi connectivity index (χ0v) is 8.75. The van der Waals surface area contributed by atoms with Gasteiger partial charge in [0, 0.05) is 6.54 Å². The van der Waals surface area contributed by atoms with Crippen LogP contribution in [0.4, 0.5) is 0 Å². The van der Waals surface area contributed by atoms with Crippen LogP contribution in [-0.2, 0) is 9.84 Å². The van der Waals surface area contributed by atoms with Gasteiger partial charge in [-0.2, -0.15) is 0 Å². The second-order valence-corrected chi connectivity index (χ2v) is 6.45. The molecule has 0 spiro atoms. The van der Waals surface area contributed by atoms with Gasteiger partial charge in [0.05, 0.1) is 21.9 Å². The molecule has 2 saturated heterocycles. The van der Waals surface area contributed by atoms with Crippen LogP contribution in [0.25, 0.3) is 0 Å². The van der Waals surface area contributed by atoms with Gasteiger partial charge < -0.3 is 11.1 Å². The molecule has 74 valence electrons. The molecule has 0 unspecified atom stereocenters. The summed E-state index contributed by atoms with van der Waals surface area (Å²) in [5.41, 5.74) is 5.17. The van der Waals surface area contributed by atoms with Crippen molar-refractivity contribution >= 4 is 27.0 Å². The molecule has 0 bridgehead atoms. The summed E-state index contributed by atoms with van der Waals surface area (Å²) in [5.74, 6) is 0.458. The second-order valence-electron chi connectivity index (χ2n) is 3.90.